The minimum absolute atomic E-state index is 0.0761. The molecular formula is C24H31ClO4S. The number of carboxylic acid groups (broad SMARTS) is 1. The summed E-state index contributed by atoms with van der Waals surface area (Å²) in [7, 11) is 0. The number of aliphatic hydroxyl groups excluding tert-OH is 1. The quantitative estimate of drug-likeness (QED) is 0.308. The van der Waals surface area contributed by atoms with Gasteiger partial charge in [-0.2, -0.15) is 0 Å². The highest BCUT2D eigenvalue weighted by Gasteiger charge is 2.36. The van der Waals surface area contributed by atoms with Gasteiger partial charge in [-0.05, 0) is 48.4 Å². The molecule has 4 unspecified atom stereocenters. The van der Waals surface area contributed by atoms with Crippen LogP contribution in [0.3, 0.4) is 0 Å². The number of benzene rings is 1. The van der Waals surface area contributed by atoms with Gasteiger partial charge in [-0.1, -0.05) is 50.5 Å². The molecule has 1 heterocycles. The molecule has 3 rings (SSSR count). The fourth-order valence-electron chi connectivity index (χ4n) is 4.24. The molecule has 0 amide bonds. The number of aromatic carboxylic acids is 1. The van der Waals surface area contributed by atoms with E-state index in [-0.39, 0.29) is 11.3 Å². The zero-order chi connectivity index (χ0) is 21.5. The average Bonchev–Trinajstić information content (AvgIpc) is 3.36. The summed E-state index contributed by atoms with van der Waals surface area (Å²) in [4.78, 5) is 12.3. The molecule has 0 radical (unpaired) electrons. The number of halogens is 1. The van der Waals surface area contributed by atoms with E-state index in [0.29, 0.717) is 24.0 Å². The fourth-order valence-corrected chi connectivity index (χ4v) is 5.40. The van der Waals surface area contributed by atoms with Crippen LogP contribution in [-0.4, -0.2) is 28.2 Å². The molecule has 1 aromatic carbocycles. The first-order valence-corrected chi connectivity index (χ1v) is 12.1. The Bertz CT molecular complexity index is 804. The van der Waals surface area contributed by atoms with Crippen LogP contribution < -0.4 is 0 Å². The van der Waals surface area contributed by atoms with Gasteiger partial charge in [-0.25, -0.2) is 4.79 Å². The predicted octanol–water partition coefficient (Wildman–Crippen LogP) is 6.38. The number of ether oxygens (including phenoxy) is 1. The van der Waals surface area contributed by atoms with E-state index < -0.39 is 12.1 Å². The van der Waals surface area contributed by atoms with Crippen LogP contribution in [0, 0.1) is 5.92 Å². The summed E-state index contributed by atoms with van der Waals surface area (Å²) >= 11 is 7.86. The Labute approximate surface area is 187 Å². The van der Waals surface area contributed by atoms with Crippen molar-refractivity contribution in [2.45, 2.75) is 69.5 Å². The number of aliphatic hydroxyl groups is 1. The molecular weight excluding hydrogens is 420 g/mol. The number of alkyl halides is 1. The molecule has 1 fully saturated rings. The number of carboxylic acids is 1. The lowest BCUT2D eigenvalue weighted by Crippen LogP contribution is -2.20. The van der Waals surface area contributed by atoms with E-state index in [2.05, 4.69) is 19.1 Å². The Kier molecular flexibility index (Phi) is 8.75. The second kappa shape index (κ2) is 11.3. The molecule has 1 aromatic heterocycles. The van der Waals surface area contributed by atoms with Crippen molar-refractivity contribution in [2.24, 2.45) is 5.92 Å². The number of rotatable bonds is 11. The summed E-state index contributed by atoms with van der Waals surface area (Å²) in [5, 5.41) is 19.5. The van der Waals surface area contributed by atoms with Crippen LogP contribution in [0.15, 0.2) is 36.4 Å². The third-order valence-electron chi connectivity index (χ3n) is 5.99. The SMILES string of the molecule is CCCCCC(O)c1ccc(C2CCC(Cl)C2COCc2ccc(C(=O)O)s2)cc1. The third kappa shape index (κ3) is 6.07. The minimum Gasteiger partial charge on any atom is -0.477 e. The molecule has 1 saturated carbocycles. The highest BCUT2D eigenvalue weighted by Crippen LogP contribution is 2.43. The van der Waals surface area contributed by atoms with Crippen LogP contribution >= 0.6 is 22.9 Å². The summed E-state index contributed by atoms with van der Waals surface area (Å²) in [6, 6.07) is 11.8. The van der Waals surface area contributed by atoms with E-state index in [0.717, 1.165) is 49.0 Å². The number of unbranched alkanes of at least 4 members (excludes halogenated alkanes) is 2. The lowest BCUT2D eigenvalue weighted by molar-refractivity contribution is 0.0702. The van der Waals surface area contributed by atoms with Crippen LogP contribution in [0.25, 0.3) is 0 Å². The van der Waals surface area contributed by atoms with Crippen LogP contribution in [-0.2, 0) is 11.3 Å². The lowest BCUT2D eigenvalue weighted by Gasteiger charge is -2.23. The smallest absolute Gasteiger partial charge is 0.345 e. The first-order valence-electron chi connectivity index (χ1n) is 10.8. The molecule has 2 aromatic rings. The van der Waals surface area contributed by atoms with E-state index >= 15 is 0 Å². The summed E-state index contributed by atoms with van der Waals surface area (Å²) in [5.74, 6) is -0.329. The molecule has 4 nitrogen and oxygen atoms in total. The minimum atomic E-state index is -0.901. The molecule has 6 heteroatoms. The first-order chi connectivity index (χ1) is 14.5. The lowest BCUT2D eigenvalue weighted by atomic mass is 9.88. The highest BCUT2D eigenvalue weighted by molar-refractivity contribution is 7.13. The summed E-state index contributed by atoms with van der Waals surface area (Å²) in [6.07, 6.45) is 5.77. The third-order valence-corrected chi connectivity index (χ3v) is 7.58. The van der Waals surface area contributed by atoms with Crippen molar-refractivity contribution >= 4 is 28.9 Å². The van der Waals surface area contributed by atoms with Gasteiger partial charge in [0, 0.05) is 16.2 Å². The normalized spacial score (nSPS) is 22.3. The molecule has 2 N–H and O–H groups in total. The van der Waals surface area contributed by atoms with Gasteiger partial charge in [0.15, 0.2) is 0 Å². The summed E-state index contributed by atoms with van der Waals surface area (Å²) in [5.41, 5.74) is 2.23. The maximum absolute atomic E-state index is 11.0. The second-order valence-corrected chi connectivity index (χ2v) is 9.86. The van der Waals surface area contributed by atoms with Crippen molar-refractivity contribution in [2.75, 3.05) is 6.61 Å². The summed E-state index contributed by atoms with van der Waals surface area (Å²) in [6.45, 7) is 3.13. The van der Waals surface area contributed by atoms with Gasteiger partial charge in [0.2, 0.25) is 0 Å². The van der Waals surface area contributed by atoms with Gasteiger partial charge < -0.3 is 14.9 Å². The molecule has 4 atom stereocenters. The van der Waals surface area contributed by atoms with Gasteiger partial charge in [-0.15, -0.1) is 22.9 Å². The maximum Gasteiger partial charge on any atom is 0.345 e. The van der Waals surface area contributed by atoms with Crippen molar-refractivity contribution in [3.05, 3.63) is 57.3 Å². The van der Waals surface area contributed by atoms with E-state index in [1.54, 1.807) is 6.07 Å². The van der Waals surface area contributed by atoms with Crippen molar-refractivity contribution in [1.29, 1.82) is 0 Å². The number of hydrogen-bond acceptors (Lipinski definition) is 4. The molecule has 30 heavy (non-hydrogen) atoms. The van der Waals surface area contributed by atoms with E-state index in [9.17, 15) is 9.90 Å². The monoisotopic (exact) mass is 450 g/mol. The Morgan fingerprint density at radius 3 is 2.63 bits per heavy atom. The van der Waals surface area contributed by atoms with Gasteiger partial charge >= 0.3 is 5.97 Å². The van der Waals surface area contributed by atoms with Gasteiger partial charge in [0.05, 0.1) is 19.3 Å². The van der Waals surface area contributed by atoms with Crippen molar-refractivity contribution < 1.29 is 19.7 Å². The fraction of sp³-hybridized carbons (Fsp3) is 0.542. The Morgan fingerprint density at radius 2 is 1.97 bits per heavy atom. The maximum atomic E-state index is 11.0. The van der Waals surface area contributed by atoms with Crippen LogP contribution in [0.5, 0.6) is 0 Å². The van der Waals surface area contributed by atoms with E-state index in [4.69, 9.17) is 21.4 Å². The van der Waals surface area contributed by atoms with E-state index in [1.165, 1.54) is 16.9 Å². The average molecular weight is 451 g/mol. The molecule has 0 spiro atoms. The van der Waals surface area contributed by atoms with Gasteiger partial charge in [-0.3, -0.25) is 0 Å². The van der Waals surface area contributed by atoms with Crippen LogP contribution in [0.2, 0.25) is 0 Å². The van der Waals surface area contributed by atoms with E-state index in [1.807, 2.05) is 18.2 Å². The topological polar surface area (TPSA) is 66.8 Å². The summed E-state index contributed by atoms with van der Waals surface area (Å²) < 4.78 is 5.93. The second-order valence-electron chi connectivity index (χ2n) is 8.13. The standard InChI is InChI=1S/C24H31ClO4S/c1-2-3-4-5-22(26)17-8-6-16(7-9-17)19-11-12-21(25)20(19)15-29-14-18-10-13-23(30-18)24(27)28/h6-10,13,19-22,26H,2-5,11-12,14-15H2,1H3,(H,27,28). The molecule has 0 aliphatic heterocycles. The number of thiophene rings is 1. The molecule has 0 bridgehead atoms. The largest absolute Gasteiger partial charge is 0.477 e. The Morgan fingerprint density at radius 1 is 1.20 bits per heavy atom. The zero-order valence-electron chi connectivity index (χ0n) is 17.4. The highest BCUT2D eigenvalue weighted by atomic mass is 35.5. The first kappa shape index (κ1) is 23.3. The molecule has 164 valence electrons. The molecule has 1 aliphatic rings. The molecule has 1 aliphatic carbocycles. The van der Waals surface area contributed by atoms with Crippen molar-refractivity contribution in [1.82, 2.24) is 0 Å². The Balaban J connectivity index is 1.55. The Hall–Kier alpha value is -1.40. The van der Waals surface area contributed by atoms with Gasteiger partial charge in [0.1, 0.15) is 4.88 Å². The number of hydrogen-bond donors (Lipinski definition) is 2. The van der Waals surface area contributed by atoms with Gasteiger partial charge in [0.25, 0.3) is 0 Å². The van der Waals surface area contributed by atoms with Crippen molar-refractivity contribution in [3.8, 4) is 0 Å². The zero-order valence-corrected chi connectivity index (χ0v) is 19.0. The van der Waals surface area contributed by atoms with Crippen molar-refractivity contribution in [3.63, 3.8) is 0 Å². The van der Waals surface area contributed by atoms with Crippen LogP contribution in [0.4, 0.5) is 0 Å². The molecule has 0 saturated heterocycles. The number of carbonyl (C=O) groups is 1. The predicted molar refractivity (Wildman–Crippen MR) is 122 cm³/mol. The van der Waals surface area contributed by atoms with Crippen LogP contribution in [0.1, 0.15) is 83.1 Å².